The lowest BCUT2D eigenvalue weighted by molar-refractivity contribution is 0.608. The van der Waals surface area contributed by atoms with Crippen molar-refractivity contribution in [1.29, 1.82) is 0 Å². The second-order valence-corrected chi connectivity index (χ2v) is 24.5. The molecule has 1 aliphatic rings. The minimum atomic E-state index is -0.229. The molecule has 88 heavy (non-hydrogen) atoms. The fraction of sp³-hybridized carbons (Fsp3) is 0.0370. The Balaban J connectivity index is 0.820. The van der Waals surface area contributed by atoms with Crippen LogP contribution >= 0.6 is 11.3 Å². The quantitative estimate of drug-likeness (QED) is 0.137. The Bertz CT molecular complexity index is 5350. The van der Waals surface area contributed by atoms with E-state index in [2.05, 4.69) is 277 Å². The Morgan fingerprint density at radius 1 is 0.318 bits per heavy atom. The van der Waals surface area contributed by atoms with Gasteiger partial charge < -0.3 is 9.13 Å². The summed E-state index contributed by atoms with van der Waals surface area (Å²) in [5, 5.41) is 7.12. The number of rotatable bonds is 10. The Morgan fingerprint density at radius 3 is 1.07 bits per heavy atom. The molecular formula is C81H54N6S. The van der Waals surface area contributed by atoms with Crippen LogP contribution in [0.25, 0.3) is 147 Å². The summed E-state index contributed by atoms with van der Waals surface area (Å²) in [6.07, 6.45) is 16.3. The molecule has 0 spiro atoms. The molecule has 0 N–H and O–H groups in total. The Hall–Kier alpha value is -11.1. The zero-order chi connectivity index (χ0) is 58.3. The number of hydrogen-bond acceptors (Lipinski definition) is 5. The van der Waals surface area contributed by atoms with Crippen LogP contribution in [0, 0.1) is 0 Å². The molecule has 1 aliphatic heterocycles. The van der Waals surface area contributed by atoms with Gasteiger partial charge in [-0.15, -0.1) is 11.3 Å². The molecule has 0 bridgehead atoms. The molecule has 17 rings (SSSR count). The minimum absolute atomic E-state index is 0.229. The van der Waals surface area contributed by atoms with Crippen molar-refractivity contribution < 1.29 is 0 Å². The summed E-state index contributed by atoms with van der Waals surface area (Å²) < 4.78 is 7.39. The summed E-state index contributed by atoms with van der Waals surface area (Å²) in [5.41, 5.74) is 23.3. The fourth-order valence-electron chi connectivity index (χ4n) is 13.4. The van der Waals surface area contributed by atoms with Crippen molar-refractivity contribution in [1.82, 2.24) is 24.1 Å². The largest absolute Gasteiger partial charge is 0.309 e. The third-order valence-corrected chi connectivity index (χ3v) is 19.1. The maximum Gasteiger partial charge on any atom is 0.0541 e. The SMILES string of the molecule is CC1(c2ccccc2)C=C(c2ccc3c(c2)c2cc(-c4cncc(-c5ccccc5)c4)ccc2n3-c2ccc3sc4ccc(-n5c6ccc(-c7cncc(-c8ccccc8)c7)cc6c6cc(-c7cncc(-c8ccccc8)c7)ccc65)cc4c3c2)C=NC1. The van der Waals surface area contributed by atoms with E-state index >= 15 is 0 Å². The molecular weight excluding hydrogens is 1090 g/mol. The summed E-state index contributed by atoms with van der Waals surface area (Å²) >= 11 is 1.85. The number of aliphatic imine (C=N–C) groups is 1. The minimum Gasteiger partial charge on any atom is -0.309 e. The number of hydrogen-bond donors (Lipinski definition) is 0. The van der Waals surface area contributed by atoms with Crippen LogP contribution in [0.15, 0.2) is 297 Å². The van der Waals surface area contributed by atoms with E-state index in [-0.39, 0.29) is 5.41 Å². The van der Waals surface area contributed by atoms with Crippen LogP contribution in [0.2, 0.25) is 0 Å². The van der Waals surface area contributed by atoms with Crippen molar-refractivity contribution in [3.63, 3.8) is 0 Å². The highest BCUT2D eigenvalue weighted by atomic mass is 32.1. The zero-order valence-corrected chi connectivity index (χ0v) is 48.9. The summed E-state index contributed by atoms with van der Waals surface area (Å²) in [7, 11) is 0. The van der Waals surface area contributed by atoms with E-state index in [1.165, 1.54) is 47.3 Å². The smallest absolute Gasteiger partial charge is 0.0541 e. The van der Waals surface area contributed by atoms with Gasteiger partial charge in [0, 0.05) is 135 Å². The van der Waals surface area contributed by atoms with Crippen LogP contribution in [-0.2, 0) is 5.41 Å². The third-order valence-electron chi connectivity index (χ3n) is 17.9. The number of benzene rings is 10. The topological polar surface area (TPSA) is 60.9 Å². The van der Waals surface area contributed by atoms with Crippen molar-refractivity contribution in [2.45, 2.75) is 12.3 Å². The van der Waals surface area contributed by atoms with Crippen molar-refractivity contribution >= 4 is 86.9 Å². The van der Waals surface area contributed by atoms with E-state index in [1.54, 1.807) is 0 Å². The van der Waals surface area contributed by atoms with Crippen LogP contribution in [-0.4, -0.2) is 36.8 Å². The van der Waals surface area contributed by atoms with Gasteiger partial charge in [0.05, 0.1) is 28.6 Å². The lowest BCUT2D eigenvalue weighted by atomic mass is 9.79. The summed E-state index contributed by atoms with van der Waals surface area (Å²) in [6, 6.07) is 90.7. The molecule has 1 unspecified atom stereocenters. The van der Waals surface area contributed by atoms with Gasteiger partial charge >= 0.3 is 0 Å². The van der Waals surface area contributed by atoms with E-state index in [0.29, 0.717) is 6.54 Å². The van der Waals surface area contributed by atoms with Crippen molar-refractivity contribution in [3.8, 4) is 78.1 Å². The van der Waals surface area contributed by atoms with Gasteiger partial charge in [0.1, 0.15) is 0 Å². The number of thiophene rings is 1. The van der Waals surface area contributed by atoms with Gasteiger partial charge in [-0.05, 0) is 153 Å². The van der Waals surface area contributed by atoms with Crippen LogP contribution in [0.3, 0.4) is 0 Å². The zero-order valence-electron chi connectivity index (χ0n) is 48.1. The van der Waals surface area contributed by atoms with E-state index in [9.17, 15) is 0 Å². The molecule has 0 saturated heterocycles. The summed E-state index contributed by atoms with van der Waals surface area (Å²) in [4.78, 5) is 19.3. The number of aromatic nitrogens is 5. The molecule has 7 heteroatoms. The van der Waals surface area contributed by atoms with Crippen LogP contribution < -0.4 is 0 Å². The number of allylic oxidation sites excluding steroid dienone is 1. The number of nitrogens with zero attached hydrogens (tertiary/aromatic N) is 6. The van der Waals surface area contributed by atoms with Crippen LogP contribution in [0.1, 0.15) is 18.1 Å². The highest BCUT2D eigenvalue weighted by Crippen LogP contribution is 2.44. The Morgan fingerprint density at radius 2 is 0.670 bits per heavy atom. The van der Waals surface area contributed by atoms with Gasteiger partial charge in [-0.1, -0.05) is 159 Å². The summed E-state index contributed by atoms with van der Waals surface area (Å²) in [6.45, 7) is 3.00. The van der Waals surface area contributed by atoms with Gasteiger partial charge in [-0.25, -0.2) is 0 Å². The molecule has 0 aliphatic carbocycles. The van der Waals surface area contributed by atoms with E-state index < -0.39 is 0 Å². The predicted molar refractivity (Wildman–Crippen MR) is 369 cm³/mol. The van der Waals surface area contributed by atoms with E-state index in [0.717, 1.165) is 111 Å². The predicted octanol–water partition coefficient (Wildman–Crippen LogP) is 20.9. The van der Waals surface area contributed by atoms with Gasteiger partial charge in [-0.3, -0.25) is 19.9 Å². The molecule has 6 nitrogen and oxygen atoms in total. The summed E-state index contributed by atoms with van der Waals surface area (Å²) in [5.74, 6) is 0. The average molecular weight is 1140 g/mol. The molecule has 16 aromatic rings. The second-order valence-electron chi connectivity index (χ2n) is 23.4. The first-order valence-electron chi connectivity index (χ1n) is 29.9. The molecule has 10 aromatic carbocycles. The monoisotopic (exact) mass is 1140 g/mol. The molecule has 414 valence electrons. The lowest BCUT2D eigenvalue weighted by Gasteiger charge is -2.28. The molecule has 6 aromatic heterocycles. The van der Waals surface area contributed by atoms with Gasteiger partial charge in [0.15, 0.2) is 0 Å². The maximum atomic E-state index is 4.99. The highest BCUT2D eigenvalue weighted by Gasteiger charge is 2.28. The number of pyridine rings is 3. The molecule has 0 fully saturated rings. The van der Waals surface area contributed by atoms with Crippen LogP contribution in [0.5, 0.6) is 0 Å². The van der Waals surface area contributed by atoms with E-state index in [4.69, 9.17) is 19.9 Å². The first kappa shape index (κ1) is 51.3. The van der Waals surface area contributed by atoms with Crippen molar-refractivity contribution in [3.05, 3.63) is 303 Å². The number of fused-ring (bicyclic) bond motifs is 9. The van der Waals surface area contributed by atoms with Gasteiger partial charge in [0.25, 0.3) is 0 Å². The molecule has 1 atom stereocenters. The normalized spacial score (nSPS) is 14.2. The standard InChI is InChI=1S/C81H54N6S/c1-81(66-20-12-5-13-21-66)43-65(50-85-51-81)58-25-31-78-72(40-58)71-39-57(64-36-61(46-84-49-64)54-18-10-4-11-19-54)24-30-77(71)87(78)68-27-33-80-74(42-68)73-41-67(26-32-79(73)88-80)86-75-28-22-55(62-34-59(44-82-47-62)52-14-6-2-7-15-52)37-69(75)70-38-56(23-29-76(70)86)63-35-60(45-83-48-63)53-16-8-3-9-17-53/h2-50H,51H2,1H3. The first-order chi connectivity index (χ1) is 43.4. The Kier molecular flexibility index (Phi) is 12.2. The molecule has 0 amide bonds. The van der Waals surface area contributed by atoms with Crippen LogP contribution in [0.4, 0.5) is 0 Å². The Labute approximate surface area is 513 Å². The van der Waals surface area contributed by atoms with Crippen molar-refractivity contribution in [2.24, 2.45) is 4.99 Å². The number of dihydropyridines is 1. The molecule has 0 saturated carbocycles. The van der Waals surface area contributed by atoms with E-state index in [1.807, 2.05) is 48.5 Å². The van der Waals surface area contributed by atoms with Gasteiger partial charge in [0.2, 0.25) is 0 Å². The molecule has 0 radical (unpaired) electrons. The highest BCUT2D eigenvalue weighted by molar-refractivity contribution is 7.25. The molecule has 7 heterocycles. The third kappa shape index (κ3) is 8.85. The maximum absolute atomic E-state index is 4.99. The lowest BCUT2D eigenvalue weighted by Crippen LogP contribution is -2.26. The van der Waals surface area contributed by atoms with Gasteiger partial charge in [-0.2, -0.15) is 0 Å². The fourth-order valence-corrected chi connectivity index (χ4v) is 14.5. The second kappa shape index (κ2) is 20.8. The first-order valence-corrected chi connectivity index (χ1v) is 30.7. The van der Waals surface area contributed by atoms with Crippen molar-refractivity contribution in [2.75, 3.05) is 6.54 Å². The average Bonchev–Trinajstić information content (AvgIpc) is 1.85.